The van der Waals surface area contributed by atoms with Gasteiger partial charge in [0.25, 0.3) is 11.5 Å². The Bertz CT molecular complexity index is 1330. The van der Waals surface area contributed by atoms with Crippen molar-refractivity contribution in [2.45, 2.75) is 55.0 Å². The first kappa shape index (κ1) is 29.4. The minimum Gasteiger partial charge on any atom is -0.369 e. The first-order chi connectivity index (χ1) is 17.3. The molecule has 2 aromatic carbocycles. The van der Waals surface area contributed by atoms with E-state index in [0.717, 1.165) is 18.1 Å². The normalized spacial score (nSPS) is 17.2. The van der Waals surface area contributed by atoms with Crippen molar-refractivity contribution in [3.8, 4) is 0 Å². The fraction of sp³-hybridized carbons (Fsp3) is 0.391. The molecule has 0 saturated carbocycles. The molecule has 2 N–H and O–H groups in total. The van der Waals surface area contributed by atoms with Crippen LogP contribution in [0.3, 0.4) is 0 Å². The van der Waals surface area contributed by atoms with Crippen LogP contribution in [-0.2, 0) is 31.6 Å². The molecule has 2 atom stereocenters. The van der Waals surface area contributed by atoms with Gasteiger partial charge in [-0.2, -0.15) is 26.3 Å². The lowest BCUT2D eigenvalue weighted by Crippen LogP contribution is -2.53. The van der Waals surface area contributed by atoms with Crippen molar-refractivity contribution in [3.05, 3.63) is 59.2 Å². The number of benzene rings is 2. The number of fused-ring (bicyclic) bond motifs is 1. The highest BCUT2D eigenvalue weighted by molar-refractivity contribution is 7.90. The van der Waals surface area contributed by atoms with Gasteiger partial charge in [0.15, 0.2) is 9.84 Å². The zero-order valence-corrected chi connectivity index (χ0v) is 20.5. The first-order valence-corrected chi connectivity index (χ1v) is 12.7. The maximum absolute atomic E-state index is 13.5. The molecule has 7 nitrogen and oxygen atoms in total. The van der Waals surface area contributed by atoms with Gasteiger partial charge in [-0.15, -0.1) is 0 Å². The minimum absolute atomic E-state index is 0.0963. The minimum atomic E-state index is -6.09. The molecule has 2 amide bonds. The second kappa shape index (κ2) is 9.84. The molecular formula is C23H21F7N2O5S. The van der Waals surface area contributed by atoms with E-state index in [1.807, 2.05) is 0 Å². The molecule has 0 radical (unpaired) electrons. The topological polar surface area (TPSA) is 104 Å². The molecule has 15 heteroatoms. The van der Waals surface area contributed by atoms with Gasteiger partial charge < -0.3 is 15.3 Å². The smallest absolute Gasteiger partial charge is 0.369 e. The van der Waals surface area contributed by atoms with Crippen LogP contribution in [0.25, 0.3) is 0 Å². The largest absolute Gasteiger partial charge is 0.430 e. The Labute approximate surface area is 212 Å². The van der Waals surface area contributed by atoms with Crippen molar-refractivity contribution >= 4 is 27.3 Å². The van der Waals surface area contributed by atoms with E-state index in [0.29, 0.717) is 24.3 Å². The fourth-order valence-electron chi connectivity index (χ4n) is 4.03. The highest BCUT2D eigenvalue weighted by Gasteiger charge is 2.71. The highest BCUT2D eigenvalue weighted by atomic mass is 32.2. The molecule has 38 heavy (non-hydrogen) atoms. The van der Waals surface area contributed by atoms with Crippen LogP contribution in [0.4, 0.5) is 36.4 Å². The van der Waals surface area contributed by atoms with Crippen molar-refractivity contribution < 1.29 is 53.8 Å². The van der Waals surface area contributed by atoms with Crippen LogP contribution >= 0.6 is 0 Å². The number of rotatable bonds is 6. The summed E-state index contributed by atoms with van der Waals surface area (Å²) in [6.07, 6.45) is -13.4. The molecule has 2 aromatic rings. The molecule has 1 aliphatic heterocycles. The number of carbonyl (C=O) groups excluding carboxylic acids is 2. The Balaban J connectivity index is 1.95. The monoisotopic (exact) mass is 570 g/mol. The summed E-state index contributed by atoms with van der Waals surface area (Å²) in [5, 5.41) is 11.8. The molecule has 0 fully saturated rings. The van der Waals surface area contributed by atoms with E-state index >= 15 is 0 Å². The summed E-state index contributed by atoms with van der Waals surface area (Å²) < 4.78 is 116. The van der Waals surface area contributed by atoms with Gasteiger partial charge in [0.1, 0.15) is 12.2 Å². The quantitative estimate of drug-likeness (QED) is 0.508. The van der Waals surface area contributed by atoms with Crippen molar-refractivity contribution in [3.63, 3.8) is 0 Å². The zero-order valence-electron chi connectivity index (χ0n) is 19.7. The van der Waals surface area contributed by atoms with E-state index in [1.165, 1.54) is 18.2 Å². The predicted molar refractivity (Wildman–Crippen MR) is 119 cm³/mol. The summed E-state index contributed by atoms with van der Waals surface area (Å²) in [6, 6.07) is 4.42. The molecule has 1 unspecified atom stereocenters. The fourth-order valence-corrected chi connectivity index (χ4v) is 4.70. The molecule has 0 spiro atoms. The summed E-state index contributed by atoms with van der Waals surface area (Å²) in [6.45, 7) is 0.869. The Morgan fingerprint density at radius 3 is 2.08 bits per heavy atom. The SMILES string of the molecule is C[C@H](F)CC(=O)N1Cc2cc(S(C)(=O)=O)ccc2C1C(=O)Nc1ccc(C(O)(C(F)(F)F)C(F)(F)F)cc1. The number of halogens is 7. The van der Waals surface area contributed by atoms with Crippen molar-refractivity contribution in [1.29, 1.82) is 0 Å². The third kappa shape index (κ3) is 5.48. The first-order valence-electron chi connectivity index (χ1n) is 10.8. The zero-order chi connectivity index (χ0) is 28.8. The lowest BCUT2D eigenvalue weighted by Gasteiger charge is -2.32. The number of nitrogens with one attached hydrogen (secondary N) is 1. The van der Waals surface area contributed by atoms with Crippen molar-refractivity contribution in [1.82, 2.24) is 4.90 Å². The van der Waals surface area contributed by atoms with E-state index < -0.39 is 63.8 Å². The maximum Gasteiger partial charge on any atom is 0.430 e. The van der Waals surface area contributed by atoms with E-state index in [2.05, 4.69) is 5.32 Å². The van der Waals surface area contributed by atoms with E-state index in [1.54, 1.807) is 0 Å². The Hall–Kier alpha value is -3.20. The van der Waals surface area contributed by atoms with E-state index in [4.69, 9.17) is 0 Å². The number of hydrogen-bond donors (Lipinski definition) is 2. The molecular weight excluding hydrogens is 549 g/mol. The number of nitrogens with zero attached hydrogens (tertiary/aromatic N) is 1. The summed E-state index contributed by atoms with van der Waals surface area (Å²) >= 11 is 0. The van der Waals surface area contributed by atoms with Gasteiger partial charge in [-0.05, 0) is 42.3 Å². The molecule has 0 saturated heterocycles. The number of aliphatic hydroxyl groups is 1. The van der Waals surface area contributed by atoms with Crippen LogP contribution in [0.1, 0.15) is 36.1 Å². The third-order valence-corrected chi connectivity index (χ3v) is 7.02. The summed E-state index contributed by atoms with van der Waals surface area (Å²) in [5.41, 5.74) is -6.48. The van der Waals surface area contributed by atoms with E-state index in [9.17, 15) is 53.8 Å². The summed E-state index contributed by atoms with van der Waals surface area (Å²) in [4.78, 5) is 26.7. The number of alkyl halides is 7. The standard InChI is InChI=1S/C23H21F7N2O5S/c1-12(24)9-18(33)32-11-13-10-16(38(2,36)37)7-8-17(13)19(32)20(34)31-15-5-3-14(4-6-15)21(35,22(25,26)27)23(28,29)30/h3-8,10,12,19,35H,9,11H2,1-2H3,(H,31,34)/t12-,19?/m0/s1. The van der Waals surface area contributed by atoms with Gasteiger partial charge in [-0.3, -0.25) is 9.59 Å². The van der Waals surface area contributed by atoms with Gasteiger partial charge in [0.05, 0.1) is 11.3 Å². The van der Waals surface area contributed by atoms with Crippen molar-refractivity contribution in [2.75, 3.05) is 11.6 Å². The van der Waals surface area contributed by atoms with Crippen LogP contribution in [0, 0.1) is 0 Å². The lowest BCUT2D eigenvalue weighted by molar-refractivity contribution is -0.376. The summed E-state index contributed by atoms with van der Waals surface area (Å²) in [7, 11) is -3.65. The molecule has 1 aliphatic rings. The number of amides is 2. The van der Waals surface area contributed by atoms with Crippen LogP contribution in [-0.4, -0.2) is 55.0 Å². The number of hydrogen-bond acceptors (Lipinski definition) is 5. The highest BCUT2D eigenvalue weighted by Crippen LogP contribution is 2.50. The van der Waals surface area contributed by atoms with Gasteiger partial charge in [0, 0.05) is 24.1 Å². The van der Waals surface area contributed by atoms with Gasteiger partial charge >= 0.3 is 12.4 Å². The number of anilines is 1. The predicted octanol–water partition coefficient (Wildman–Crippen LogP) is 4.17. The summed E-state index contributed by atoms with van der Waals surface area (Å²) in [5.74, 6) is -1.72. The molecule has 0 aromatic heterocycles. The van der Waals surface area contributed by atoms with Gasteiger partial charge in [-0.25, -0.2) is 12.8 Å². The Morgan fingerprint density at radius 2 is 1.61 bits per heavy atom. The Kier molecular flexibility index (Phi) is 7.60. The Morgan fingerprint density at radius 1 is 1.05 bits per heavy atom. The van der Waals surface area contributed by atoms with Crippen LogP contribution in [0.15, 0.2) is 47.4 Å². The van der Waals surface area contributed by atoms with Gasteiger partial charge in [-0.1, -0.05) is 18.2 Å². The molecule has 0 bridgehead atoms. The third-order valence-electron chi connectivity index (χ3n) is 5.90. The van der Waals surface area contributed by atoms with Crippen LogP contribution < -0.4 is 5.32 Å². The molecule has 208 valence electrons. The van der Waals surface area contributed by atoms with Gasteiger partial charge in [0.2, 0.25) is 5.91 Å². The lowest BCUT2D eigenvalue weighted by atomic mass is 9.92. The second-order valence-corrected chi connectivity index (χ2v) is 10.8. The van der Waals surface area contributed by atoms with E-state index in [-0.39, 0.29) is 28.3 Å². The molecule has 3 rings (SSSR count). The molecule has 0 aliphatic carbocycles. The molecule has 1 heterocycles. The van der Waals surface area contributed by atoms with Crippen LogP contribution in [0.5, 0.6) is 0 Å². The van der Waals surface area contributed by atoms with Crippen molar-refractivity contribution in [2.24, 2.45) is 0 Å². The van der Waals surface area contributed by atoms with Crippen LogP contribution in [0.2, 0.25) is 0 Å². The number of carbonyl (C=O) groups is 2. The number of sulfone groups is 1. The second-order valence-electron chi connectivity index (χ2n) is 8.81. The maximum atomic E-state index is 13.5. The average molecular weight is 570 g/mol. The average Bonchev–Trinajstić information content (AvgIpc) is 3.15.